The minimum Gasteiger partial charge on any atom is -0.345 e. The monoisotopic (exact) mass is 443 g/mol. The Labute approximate surface area is 184 Å². The zero-order valence-electron chi connectivity index (χ0n) is 16.7. The van der Waals surface area contributed by atoms with Crippen LogP contribution in [0.4, 0.5) is 5.69 Å². The number of thioether (sulfide) groups is 1. The number of rotatable bonds is 8. The van der Waals surface area contributed by atoms with E-state index in [2.05, 4.69) is 20.8 Å². The van der Waals surface area contributed by atoms with Gasteiger partial charge in [-0.3, -0.25) is 9.59 Å². The van der Waals surface area contributed by atoms with Gasteiger partial charge in [-0.05, 0) is 50.2 Å². The zero-order valence-corrected chi connectivity index (χ0v) is 18.3. The summed E-state index contributed by atoms with van der Waals surface area (Å²) in [6.45, 7) is 4.79. The molecule has 0 radical (unpaired) electrons. The van der Waals surface area contributed by atoms with E-state index in [-0.39, 0.29) is 24.1 Å². The predicted molar refractivity (Wildman–Crippen MR) is 119 cm³/mol. The fourth-order valence-electron chi connectivity index (χ4n) is 2.78. The van der Waals surface area contributed by atoms with Gasteiger partial charge in [0.15, 0.2) is 11.0 Å². The molecule has 0 atom stereocenters. The van der Waals surface area contributed by atoms with Gasteiger partial charge in [-0.15, -0.1) is 10.2 Å². The molecule has 0 saturated carbocycles. The number of amides is 2. The van der Waals surface area contributed by atoms with E-state index in [0.717, 1.165) is 5.56 Å². The summed E-state index contributed by atoms with van der Waals surface area (Å²) in [6, 6.07) is 14.3. The second-order valence-electron chi connectivity index (χ2n) is 6.54. The van der Waals surface area contributed by atoms with Crippen molar-refractivity contribution < 1.29 is 9.59 Å². The molecular weight excluding hydrogens is 422 g/mol. The molecule has 0 aliphatic heterocycles. The summed E-state index contributed by atoms with van der Waals surface area (Å²) in [5.41, 5.74) is 2.31. The smallest absolute Gasteiger partial charge is 0.251 e. The van der Waals surface area contributed by atoms with Crippen molar-refractivity contribution in [2.75, 3.05) is 11.1 Å². The average molecular weight is 444 g/mol. The van der Waals surface area contributed by atoms with Crippen molar-refractivity contribution in [3.63, 3.8) is 0 Å². The molecule has 0 aliphatic carbocycles. The summed E-state index contributed by atoms with van der Waals surface area (Å²) in [6.07, 6.45) is 0. The number of nitrogens with zero attached hydrogens (tertiary/aromatic N) is 3. The van der Waals surface area contributed by atoms with Crippen LogP contribution in [0.5, 0.6) is 0 Å². The molecule has 1 heterocycles. The van der Waals surface area contributed by atoms with Gasteiger partial charge in [-0.1, -0.05) is 41.1 Å². The van der Waals surface area contributed by atoms with Crippen LogP contribution in [0.1, 0.15) is 28.7 Å². The van der Waals surface area contributed by atoms with Crippen molar-refractivity contribution in [1.29, 1.82) is 0 Å². The Morgan fingerprint density at radius 3 is 2.60 bits per heavy atom. The molecule has 7 nitrogen and oxygen atoms in total. The lowest BCUT2D eigenvalue weighted by Crippen LogP contribution is -2.25. The topological polar surface area (TPSA) is 88.9 Å². The van der Waals surface area contributed by atoms with E-state index >= 15 is 0 Å². The first-order valence-electron chi connectivity index (χ1n) is 9.41. The van der Waals surface area contributed by atoms with Gasteiger partial charge in [-0.2, -0.15) is 0 Å². The fraction of sp³-hybridized carbons (Fsp3) is 0.238. The maximum absolute atomic E-state index is 12.4. The molecule has 3 rings (SSSR count). The number of anilines is 1. The Bertz CT molecular complexity index is 1040. The van der Waals surface area contributed by atoms with Gasteiger partial charge in [0.25, 0.3) is 5.91 Å². The quantitative estimate of drug-likeness (QED) is 0.515. The number of halogens is 1. The largest absolute Gasteiger partial charge is 0.345 e. The number of hydrogen-bond donors (Lipinski definition) is 2. The Morgan fingerprint density at radius 2 is 1.90 bits per heavy atom. The highest BCUT2D eigenvalue weighted by atomic mass is 35.5. The van der Waals surface area contributed by atoms with Crippen LogP contribution in [-0.2, 0) is 17.9 Å². The number of nitrogens with one attached hydrogen (secondary N) is 2. The second-order valence-corrected chi connectivity index (χ2v) is 7.92. The van der Waals surface area contributed by atoms with Crippen molar-refractivity contribution in [3.8, 4) is 0 Å². The number of aromatic nitrogens is 3. The van der Waals surface area contributed by atoms with Crippen LogP contribution >= 0.6 is 23.4 Å². The van der Waals surface area contributed by atoms with Crippen LogP contribution in [0, 0.1) is 6.92 Å². The first kappa shape index (κ1) is 21.9. The van der Waals surface area contributed by atoms with Gasteiger partial charge in [0.2, 0.25) is 5.91 Å². The molecule has 0 bridgehead atoms. The third kappa shape index (κ3) is 5.84. The fourth-order valence-corrected chi connectivity index (χ4v) is 3.73. The zero-order chi connectivity index (χ0) is 21.5. The third-order valence-electron chi connectivity index (χ3n) is 4.26. The lowest BCUT2D eigenvalue weighted by atomic mass is 10.1. The molecular formula is C21H22ClN5O2S. The van der Waals surface area contributed by atoms with Gasteiger partial charge in [0.1, 0.15) is 0 Å². The summed E-state index contributed by atoms with van der Waals surface area (Å²) >= 11 is 7.15. The molecule has 2 aromatic carbocycles. The summed E-state index contributed by atoms with van der Waals surface area (Å²) in [7, 11) is 0. The van der Waals surface area contributed by atoms with Crippen LogP contribution < -0.4 is 10.6 Å². The van der Waals surface area contributed by atoms with Crippen LogP contribution in [0.3, 0.4) is 0 Å². The highest BCUT2D eigenvalue weighted by Gasteiger charge is 2.14. The number of aryl methyl sites for hydroxylation is 1. The van der Waals surface area contributed by atoms with Crippen molar-refractivity contribution >= 4 is 40.9 Å². The molecule has 30 heavy (non-hydrogen) atoms. The minimum atomic E-state index is -0.166. The standard InChI is InChI=1S/C21H22ClN5O2S/c1-3-27-18(12-23-20(29)15-6-4-5-14(2)11-15)25-26-21(27)30-13-19(28)24-17-9-7-16(22)8-10-17/h4-11H,3,12-13H2,1-2H3,(H,23,29)(H,24,28). The van der Waals surface area contributed by atoms with Crippen LogP contribution in [0.25, 0.3) is 0 Å². The highest BCUT2D eigenvalue weighted by Crippen LogP contribution is 2.18. The predicted octanol–water partition coefficient (Wildman–Crippen LogP) is 3.92. The normalized spacial score (nSPS) is 10.6. The van der Waals surface area contributed by atoms with Crippen LogP contribution in [0.2, 0.25) is 5.02 Å². The maximum atomic E-state index is 12.4. The summed E-state index contributed by atoms with van der Waals surface area (Å²) in [5.74, 6) is 0.512. The average Bonchev–Trinajstić information content (AvgIpc) is 3.14. The van der Waals surface area contributed by atoms with Crippen molar-refractivity contribution in [2.45, 2.75) is 32.1 Å². The molecule has 9 heteroatoms. The van der Waals surface area contributed by atoms with E-state index < -0.39 is 0 Å². The minimum absolute atomic E-state index is 0.151. The molecule has 0 unspecified atom stereocenters. The highest BCUT2D eigenvalue weighted by molar-refractivity contribution is 7.99. The molecule has 2 N–H and O–H groups in total. The lowest BCUT2D eigenvalue weighted by Gasteiger charge is -2.09. The van der Waals surface area contributed by atoms with E-state index in [9.17, 15) is 9.59 Å². The third-order valence-corrected chi connectivity index (χ3v) is 5.48. The number of hydrogen-bond acceptors (Lipinski definition) is 5. The van der Waals surface area contributed by atoms with E-state index in [1.807, 2.05) is 36.6 Å². The van der Waals surface area contributed by atoms with Crippen molar-refractivity contribution in [2.24, 2.45) is 0 Å². The van der Waals surface area contributed by atoms with E-state index in [0.29, 0.717) is 33.8 Å². The molecule has 0 saturated heterocycles. The summed E-state index contributed by atoms with van der Waals surface area (Å²) in [4.78, 5) is 24.5. The summed E-state index contributed by atoms with van der Waals surface area (Å²) in [5, 5.41) is 15.3. The lowest BCUT2D eigenvalue weighted by molar-refractivity contribution is -0.113. The van der Waals surface area contributed by atoms with Gasteiger partial charge < -0.3 is 15.2 Å². The van der Waals surface area contributed by atoms with Crippen molar-refractivity contribution in [3.05, 3.63) is 70.5 Å². The van der Waals surface area contributed by atoms with Crippen LogP contribution in [-0.4, -0.2) is 32.3 Å². The summed E-state index contributed by atoms with van der Waals surface area (Å²) < 4.78 is 1.89. The van der Waals surface area contributed by atoms with Gasteiger partial charge in [0.05, 0.1) is 12.3 Å². The van der Waals surface area contributed by atoms with Gasteiger partial charge in [0, 0.05) is 22.8 Å². The SMILES string of the molecule is CCn1c(CNC(=O)c2cccc(C)c2)nnc1SCC(=O)Nc1ccc(Cl)cc1. The Morgan fingerprint density at radius 1 is 1.13 bits per heavy atom. The molecule has 0 aliphatic rings. The van der Waals surface area contributed by atoms with Crippen LogP contribution in [0.15, 0.2) is 53.7 Å². The molecule has 156 valence electrons. The number of benzene rings is 2. The number of carbonyl (C=O) groups is 2. The van der Waals surface area contributed by atoms with E-state index in [1.165, 1.54) is 11.8 Å². The first-order chi connectivity index (χ1) is 14.5. The molecule has 0 spiro atoms. The van der Waals surface area contributed by atoms with Gasteiger partial charge >= 0.3 is 0 Å². The second kappa shape index (κ2) is 10.3. The van der Waals surface area contributed by atoms with Gasteiger partial charge in [-0.25, -0.2) is 0 Å². The van der Waals surface area contributed by atoms with E-state index in [4.69, 9.17) is 11.6 Å². The van der Waals surface area contributed by atoms with Crippen molar-refractivity contribution in [1.82, 2.24) is 20.1 Å². The maximum Gasteiger partial charge on any atom is 0.251 e. The number of carbonyl (C=O) groups excluding carboxylic acids is 2. The molecule has 2 amide bonds. The Balaban J connectivity index is 1.56. The first-order valence-corrected chi connectivity index (χ1v) is 10.8. The molecule has 1 aromatic heterocycles. The molecule has 3 aromatic rings. The Kier molecular flexibility index (Phi) is 7.48. The van der Waals surface area contributed by atoms with E-state index in [1.54, 1.807) is 30.3 Å². The Hall–Kier alpha value is -2.84. The molecule has 0 fully saturated rings.